The quantitative estimate of drug-likeness (QED) is 0.653. The van der Waals surface area contributed by atoms with Gasteiger partial charge in [0.15, 0.2) is 0 Å². The van der Waals surface area contributed by atoms with E-state index >= 15 is 0 Å². The highest BCUT2D eigenvalue weighted by molar-refractivity contribution is 9.10. The fraction of sp³-hybridized carbons (Fsp3) is 0.200. The Morgan fingerprint density at radius 3 is 2.87 bits per heavy atom. The van der Waals surface area contributed by atoms with E-state index in [0.717, 1.165) is 0 Å². The third kappa shape index (κ3) is 2.70. The van der Waals surface area contributed by atoms with E-state index in [4.69, 9.17) is 11.0 Å². The first-order valence-corrected chi connectivity index (χ1v) is 4.92. The number of benzene rings is 1. The second-order valence-corrected chi connectivity index (χ2v) is 3.70. The van der Waals surface area contributed by atoms with Crippen LogP contribution in [0.25, 0.3) is 0 Å². The number of hydrogen-bond donors (Lipinski definition) is 1. The maximum atomic E-state index is 11.1. The van der Waals surface area contributed by atoms with E-state index in [9.17, 15) is 4.79 Å². The normalized spacial score (nSPS) is 9.40. The van der Waals surface area contributed by atoms with Crippen molar-refractivity contribution in [1.29, 1.82) is 5.26 Å². The summed E-state index contributed by atoms with van der Waals surface area (Å²) in [5, 5.41) is 8.73. The number of methoxy groups -OCH3 is 1. The van der Waals surface area contributed by atoms with Crippen LogP contribution in [0.3, 0.4) is 0 Å². The zero-order valence-corrected chi connectivity index (χ0v) is 9.67. The maximum absolute atomic E-state index is 11.1. The van der Waals surface area contributed by atoms with Crippen LogP contribution < -0.4 is 5.73 Å². The molecule has 15 heavy (non-hydrogen) atoms. The van der Waals surface area contributed by atoms with Gasteiger partial charge in [0.25, 0.3) is 0 Å². The Balaban J connectivity index is 3.12. The van der Waals surface area contributed by atoms with Gasteiger partial charge in [-0.05, 0) is 33.6 Å². The summed E-state index contributed by atoms with van der Waals surface area (Å²) in [6.07, 6.45) is 0.0941. The largest absolute Gasteiger partial charge is 0.469 e. The van der Waals surface area contributed by atoms with Crippen LogP contribution in [-0.2, 0) is 16.0 Å². The Labute approximate surface area is 95.8 Å². The second-order valence-electron chi connectivity index (χ2n) is 2.90. The zero-order chi connectivity index (χ0) is 11.4. The lowest BCUT2D eigenvalue weighted by molar-refractivity contribution is -0.139. The van der Waals surface area contributed by atoms with Gasteiger partial charge >= 0.3 is 5.97 Å². The number of nitrogens with two attached hydrogens (primary N) is 1. The van der Waals surface area contributed by atoms with Crippen molar-refractivity contribution in [2.24, 2.45) is 0 Å². The minimum atomic E-state index is -0.370. The Morgan fingerprint density at radius 1 is 1.67 bits per heavy atom. The lowest BCUT2D eigenvalue weighted by Crippen LogP contribution is -2.06. The Hall–Kier alpha value is -1.54. The highest BCUT2D eigenvalue weighted by atomic mass is 79.9. The summed E-state index contributed by atoms with van der Waals surface area (Å²) >= 11 is 3.26. The zero-order valence-electron chi connectivity index (χ0n) is 8.08. The predicted molar refractivity (Wildman–Crippen MR) is 59.0 cm³/mol. The van der Waals surface area contributed by atoms with Crippen molar-refractivity contribution in [3.05, 3.63) is 27.7 Å². The van der Waals surface area contributed by atoms with Crippen molar-refractivity contribution in [2.75, 3.05) is 12.8 Å². The second kappa shape index (κ2) is 4.80. The number of ether oxygens (including phenoxy) is 1. The molecule has 0 amide bonds. The van der Waals surface area contributed by atoms with E-state index in [1.54, 1.807) is 12.1 Å². The molecule has 0 spiro atoms. The summed E-state index contributed by atoms with van der Waals surface area (Å²) in [6, 6.07) is 5.13. The molecule has 1 aromatic carbocycles. The van der Waals surface area contributed by atoms with Gasteiger partial charge in [-0.2, -0.15) is 5.26 Å². The maximum Gasteiger partial charge on any atom is 0.310 e. The fourth-order valence-electron chi connectivity index (χ4n) is 1.13. The third-order valence-electron chi connectivity index (χ3n) is 1.87. The molecule has 2 N–H and O–H groups in total. The van der Waals surface area contributed by atoms with Crippen molar-refractivity contribution >= 4 is 27.6 Å². The van der Waals surface area contributed by atoms with Crippen LogP contribution in [0.15, 0.2) is 16.6 Å². The van der Waals surface area contributed by atoms with Gasteiger partial charge in [-0.1, -0.05) is 0 Å². The van der Waals surface area contributed by atoms with Crippen LogP contribution >= 0.6 is 15.9 Å². The lowest BCUT2D eigenvalue weighted by Gasteiger charge is -2.06. The van der Waals surface area contributed by atoms with E-state index in [1.165, 1.54) is 7.11 Å². The summed E-state index contributed by atoms with van der Waals surface area (Å²) in [6.45, 7) is 0. The fourth-order valence-corrected chi connectivity index (χ4v) is 1.50. The number of esters is 1. The molecule has 0 saturated heterocycles. The van der Waals surface area contributed by atoms with Crippen molar-refractivity contribution in [2.45, 2.75) is 6.42 Å². The molecule has 0 aromatic heterocycles. The van der Waals surface area contributed by atoms with E-state index in [2.05, 4.69) is 20.7 Å². The standard InChI is InChI=1S/C10H9BrN2O2/c1-15-9(14)4-7-2-6(5-12)3-8(13)10(7)11/h2-3H,4,13H2,1H3. The molecule has 0 aliphatic heterocycles. The molecule has 0 aliphatic carbocycles. The molecule has 0 unspecified atom stereocenters. The first-order valence-electron chi connectivity index (χ1n) is 4.13. The van der Waals surface area contributed by atoms with Crippen LogP contribution in [0, 0.1) is 11.3 Å². The molecule has 78 valence electrons. The molecule has 0 atom stereocenters. The van der Waals surface area contributed by atoms with E-state index < -0.39 is 0 Å². The number of nitrogen functional groups attached to an aromatic ring is 1. The van der Waals surface area contributed by atoms with Crippen molar-refractivity contribution in [1.82, 2.24) is 0 Å². The van der Waals surface area contributed by atoms with Crippen molar-refractivity contribution in [3.63, 3.8) is 0 Å². The average Bonchev–Trinajstić information content (AvgIpc) is 2.24. The summed E-state index contributed by atoms with van der Waals surface area (Å²) in [7, 11) is 1.31. The van der Waals surface area contributed by atoms with Gasteiger partial charge in [0.2, 0.25) is 0 Å². The molecular weight excluding hydrogens is 260 g/mol. The third-order valence-corrected chi connectivity index (χ3v) is 2.83. The minimum absolute atomic E-state index is 0.0941. The van der Waals surface area contributed by atoms with Crippen molar-refractivity contribution in [3.8, 4) is 6.07 Å². The minimum Gasteiger partial charge on any atom is -0.469 e. The SMILES string of the molecule is COC(=O)Cc1cc(C#N)cc(N)c1Br. The monoisotopic (exact) mass is 268 g/mol. The first kappa shape index (κ1) is 11.5. The summed E-state index contributed by atoms with van der Waals surface area (Å²) < 4.78 is 5.17. The van der Waals surface area contributed by atoms with Gasteiger partial charge in [-0.15, -0.1) is 0 Å². The lowest BCUT2D eigenvalue weighted by atomic mass is 10.1. The van der Waals surface area contributed by atoms with Crippen molar-refractivity contribution < 1.29 is 9.53 Å². The van der Waals surface area contributed by atoms with Crippen LogP contribution in [-0.4, -0.2) is 13.1 Å². The molecule has 0 aliphatic rings. The average molecular weight is 269 g/mol. The Morgan fingerprint density at radius 2 is 2.33 bits per heavy atom. The molecule has 0 radical (unpaired) electrons. The number of carbonyl (C=O) groups is 1. The number of hydrogen-bond acceptors (Lipinski definition) is 4. The van der Waals surface area contributed by atoms with E-state index in [1.807, 2.05) is 6.07 Å². The highest BCUT2D eigenvalue weighted by Crippen LogP contribution is 2.26. The highest BCUT2D eigenvalue weighted by Gasteiger charge is 2.10. The van der Waals surface area contributed by atoms with Gasteiger partial charge in [0.05, 0.1) is 25.2 Å². The number of anilines is 1. The topological polar surface area (TPSA) is 76.1 Å². The summed E-state index contributed by atoms with van der Waals surface area (Å²) in [4.78, 5) is 11.1. The molecule has 4 nitrogen and oxygen atoms in total. The summed E-state index contributed by atoms with van der Waals surface area (Å²) in [5.74, 6) is -0.370. The first-order chi connectivity index (χ1) is 7.08. The molecule has 5 heteroatoms. The summed E-state index contributed by atoms with van der Waals surface area (Å²) in [5.41, 5.74) is 7.18. The van der Waals surface area contributed by atoms with Crippen LogP contribution in [0.4, 0.5) is 5.69 Å². The molecule has 0 heterocycles. The smallest absolute Gasteiger partial charge is 0.310 e. The van der Waals surface area contributed by atoms with Gasteiger partial charge in [0, 0.05) is 10.2 Å². The van der Waals surface area contributed by atoms with Crippen LogP contribution in [0.1, 0.15) is 11.1 Å². The predicted octanol–water partition coefficient (Wildman–Crippen LogP) is 1.62. The molecule has 1 rings (SSSR count). The number of nitriles is 1. The molecule has 0 bridgehead atoms. The van der Waals surface area contributed by atoms with Gasteiger partial charge in [-0.25, -0.2) is 0 Å². The van der Waals surface area contributed by atoms with E-state index in [0.29, 0.717) is 21.3 Å². The Kier molecular flexibility index (Phi) is 3.69. The van der Waals surface area contributed by atoms with Crippen LogP contribution in [0.5, 0.6) is 0 Å². The van der Waals surface area contributed by atoms with Gasteiger partial charge < -0.3 is 10.5 Å². The van der Waals surface area contributed by atoms with Crippen LogP contribution in [0.2, 0.25) is 0 Å². The number of nitrogens with zero attached hydrogens (tertiary/aromatic N) is 1. The number of carbonyl (C=O) groups excluding carboxylic acids is 1. The molecule has 0 fully saturated rings. The van der Waals surface area contributed by atoms with Gasteiger partial charge in [0.1, 0.15) is 0 Å². The number of rotatable bonds is 2. The van der Waals surface area contributed by atoms with Gasteiger partial charge in [-0.3, -0.25) is 4.79 Å². The number of halogens is 1. The molecular formula is C10H9BrN2O2. The molecule has 1 aromatic rings. The molecule has 0 saturated carbocycles. The Bertz CT molecular complexity index is 438. The van der Waals surface area contributed by atoms with E-state index in [-0.39, 0.29) is 12.4 Å².